The van der Waals surface area contributed by atoms with Gasteiger partial charge in [0.05, 0.1) is 12.2 Å². The highest BCUT2D eigenvalue weighted by atomic mass is 32.1. The Morgan fingerprint density at radius 1 is 1.21 bits per heavy atom. The molecule has 0 radical (unpaired) electrons. The number of esters is 1. The van der Waals surface area contributed by atoms with Crippen molar-refractivity contribution in [3.63, 3.8) is 0 Å². The number of nitrogens with zero attached hydrogens (tertiary/aromatic N) is 1. The molecular weight excluding hydrogens is 372 g/mol. The minimum atomic E-state index is -0.396. The predicted octanol–water partition coefficient (Wildman–Crippen LogP) is 5.26. The standard InChI is InChI=1S/C22H26N2O3S/c1-6-27-22(26)20-14(4)15(5)28-21(20)23-19(25)12-24-10-9-17-11-16(13(2)3)7-8-18(17)24/h7-11,13H,6,12H2,1-5H3,(H,23,25). The van der Waals surface area contributed by atoms with Crippen LogP contribution in [0, 0.1) is 13.8 Å². The molecule has 0 saturated carbocycles. The monoisotopic (exact) mass is 398 g/mol. The number of hydrogen-bond donors (Lipinski definition) is 1. The quantitative estimate of drug-likeness (QED) is 0.576. The van der Waals surface area contributed by atoms with Crippen molar-refractivity contribution >= 4 is 39.1 Å². The number of aryl methyl sites for hydroxylation is 1. The van der Waals surface area contributed by atoms with Gasteiger partial charge in [0.1, 0.15) is 11.5 Å². The van der Waals surface area contributed by atoms with Gasteiger partial charge in [-0.05, 0) is 61.4 Å². The van der Waals surface area contributed by atoms with Gasteiger partial charge in [-0.2, -0.15) is 0 Å². The van der Waals surface area contributed by atoms with E-state index < -0.39 is 5.97 Å². The van der Waals surface area contributed by atoms with Crippen LogP contribution >= 0.6 is 11.3 Å². The summed E-state index contributed by atoms with van der Waals surface area (Å²) in [6.07, 6.45) is 1.92. The van der Waals surface area contributed by atoms with Crippen LogP contribution in [-0.4, -0.2) is 23.1 Å². The molecule has 0 spiro atoms. The second-order valence-electron chi connectivity index (χ2n) is 7.17. The molecule has 0 saturated heterocycles. The van der Waals surface area contributed by atoms with Crippen molar-refractivity contribution in [1.29, 1.82) is 0 Å². The SMILES string of the molecule is CCOC(=O)c1c(NC(=O)Cn2ccc3cc(C(C)C)ccc32)sc(C)c1C. The normalized spacial score (nSPS) is 11.2. The average molecular weight is 399 g/mol. The Labute approximate surface area is 169 Å². The number of anilines is 1. The second-order valence-corrected chi connectivity index (χ2v) is 8.40. The summed E-state index contributed by atoms with van der Waals surface area (Å²) in [4.78, 5) is 26.0. The van der Waals surface area contributed by atoms with Crippen LogP contribution in [0.5, 0.6) is 0 Å². The number of nitrogens with one attached hydrogen (secondary N) is 1. The minimum Gasteiger partial charge on any atom is -0.462 e. The highest BCUT2D eigenvalue weighted by Gasteiger charge is 2.22. The van der Waals surface area contributed by atoms with Crippen LogP contribution in [0.4, 0.5) is 5.00 Å². The number of amides is 1. The third-order valence-corrected chi connectivity index (χ3v) is 6.02. The number of benzene rings is 1. The number of ether oxygens (including phenoxy) is 1. The van der Waals surface area contributed by atoms with E-state index in [0.29, 0.717) is 23.1 Å². The zero-order valence-corrected chi connectivity index (χ0v) is 17.8. The lowest BCUT2D eigenvalue weighted by atomic mass is 10.0. The van der Waals surface area contributed by atoms with Gasteiger partial charge in [-0.1, -0.05) is 19.9 Å². The van der Waals surface area contributed by atoms with Crippen molar-refractivity contribution in [3.8, 4) is 0 Å². The summed E-state index contributed by atoms with van der Waals surface area (Å²) in [5, 5.41) is 4.57. The number of thiophene rings is 1. The third kappa shape index (κ3) is 3.97. The molecule has 2 heterocycles. The van der Waals surface area contributed by atoms with Crippen molar-refractivity contribution in [3.05, 3.63) is 52.0 Å². The molecule has 0 atom stereocenters. The number of carbonyl (C=O) groups excluding carboxylic acids is 2. The maximum Gasteiger partial charge on any atom is 0.341 e. The summed E-state index contributed by atoms with van der Waals surface area (Å²) in [5.74, 6) is -0.104. The van der Waals surface area contributed by atoms with E-state index in [0.717, 1.165) is 21.3 Å². The summed E-state index contributed by atoms with van der Waals surface area (Å²) in [7, 11) is 0. The minimum absolute atomic E-state index is 0.169. The van der Waals surface area contributed by atoms with Gasteiger partial charge in [0, 0.05) is 16.6 Å². The maximum atomic E-state index is 12.7. The lowest BCUT2D eigenvalue weighted by Gasteiger charge is -2.09. The second kappa shape index (κ2) is 8.19. The van der Waals surface area contributed by atoms with Crippen LogP contribution in [0.1, 0.15) is 53.1 Å². The molecule has 0 aliphatic heterocycles. The molecule has 0 aliphatic rings. The lowest BCUT2D eigenvalue weighted by Crippen LogP contribution is -2.19. The molecule has 3 rings (SSSR count). The molecule has 1 N–H and O–H groups in total. The van der Waals surface area contributed by atoms with E-state index in [1.165, 1.54) is 16.9 Å². The highest BCUT2D eigenvalue weighted by molar-refractivity contribution is 7.16. The van der Waals surface area contributed by atoms with E-state index in [9.17, 15) is 9.59 Å². The van der Waals surface area contributed by atoms with Crippen molar-refractivity contribution in [1.82, 2.24) is 4.57 Å². The first-order valence-corrected chi connectivity index (χ1v) is 10.3. The molecule has 0 bridgehead atoms. The predicted molar refractivity (Wildman–Crippen MR) is 114 cm³/mol. The van der Waals surface area contributed by atoms with Gasteiger partial charge in [-0.15, -0.1) is 11.3 Å². The number of aromatic nitrogens is 1. The summed E-state index contributed by atoms with van der Waals surface area (Å²) in [6, 6.07) is 8.35. The number of hydrogen-bond acceptors (Lipinski definition) is 4. The first-order valence-electron chi connectivity index (χ1n) is 9.47. The topological polar surface area (TPSA) is 60.3 Å². The van der Waals surface area contributed by atoms with Gasteiger partial charge in [0.2, 0.25) is 5.91 Å². The first-order chi connectivity index (χ1) is 13.3. The zero-order valence-electron chi connectivity index (χ0n) is 17.0. The van der Waals surface area contributed by atoms with Crippen molar-refractivity contribution in [2.24, 2.45) is 0 Å². The van der Waals surface area contributed by atoms with Gasteiger partial charge >= 0.3 is 5.97 Å². The molecule has 0 aliphatic carbocycles. The third-order valence-electron chi connectivity index (χ3n) is 4.89. The number of fused-ring (bicyclic) bond motifs is 1. The van der Waals surface area contributed by atoms with Crippen LogP contribution in [0.2, 0.25) is 0 Å². The molecule has 0 fully saturated rings. The summed E-state index contributed by atoms with van der Waals surface area (Å²) in [6.45, 7) is 10.4. The highest BCUT2D eigenvalue weighted by Crippen LogP contribution is 2.33. The molecule has 5 nitrogen and oxygen atoms in total. The number of carbonyl (C=O) groups is 2. The van der Waals surface area contributed by atoms with Crippen molar-refractivity contribution < 1.29 is 14.3 Å². The zero-order chi connectivity index (χ0) is 20.4. The Morgan fingerprint density at radius 3 is 2.64 bits per heavy atom. The summed E-state index contributed by atoms with van der Waals surface area (Å²) < 4.78 is 7.07. The van der Waals surface area contributed by atoms with E-state index in [1.807, 2.05) is 30.7 Å². The van der Waals surface area contributed by atoms with Crippen molar-refractivity contribution in [2.75, 3.05) is 11.9 Å². The van der Waals surface area contributed by atoms with Crippen LogP contribution in [0.25, 0.3) is 10.9 Å². The fourth-order valence-electron chi connectivity index (χ4n) is 3.20. The Morgan fingerprint density at radius 2 is 1.96 bits per heavy atom. The maximum absolute atomic E-state index is 12.7. The molecule has 1 aromatic carbocycles. The molecule has 6 heteroatoms. The fourth-order valence-corrected chi connectivity index (χ4v) is 4.27. The van der Waals surface area contributed by atoms with Gasteiger partial charge < -0.3 is 14.6 Å². The van der Waals surface area contributed by atoms with E-state index in [4.69, 9.17) is 4.74 Å². The van der Waals surface area contributed by atoms with Crippen LogP contribution in [0.3, 0.4) is 0 Å². The van der Waals surface area contributed by atoms with E-state index in [-0.39, 0.29) is 12.5 Å². The van der Waals surface area contributed by atoms with Gasteiger partial charge in [-0.25, -0.2) is 4.79 Å². The Kier molecular flexibility index (Phi) is 5.89. The Balaban J connectivity index is 1.81. The van der Waals surface area contributed by atoms with E-state index >= 15 is 0 Å². The van der Waals surface area contributed by atoms with Crippen LogP contribution < -0.4 is 5.32 Å². The molecule has 2 aromatic heterocycles. The fraction of sp³-hybridized carbons (Fsp3) is 0.364. The Bertz CT molecular complexity index is 1030. The lowest BCUT2D eigenvalue weighted by molar-refractivity contribution is -0.116. The van der Waals surface area contributed by atoms with Gasteiger partial charge in [0.25, 0.3) is 0 Å². The number of rotatable bonds is 6. The van der Waals surface area contributed by atoms with Crippen LogP contribution in [-0.2, 0) is 16.1 Å². The van der Waals surface area contributed by atoms with Gasteiger partial charge in [0.15, 0.2) is 0 Å². The van der Waals surface area contributed by atoms with Crippen LogP contribution in [0.15, 0.2) is 30.5 Å². The average Bonchev–Trinajstić information content (AvgIpc) is 3.15. The molecule has 28 heavy (non-hydrogen) atoms. The molecule has 3 aromatic rings. The summed E-state index contributed by atoms with van der Waals surface area (Å²) in [5.41, 5.74) is 3.60. The summed E-state index contributed by atoms with van der Waals surface area (Å²) >= 11 is 1.40. The van der Waals surface area contributed by atoms with E-state index in [1.54, 1.807) is 6.92 Å². The first kappa shape index (κ1) is 20.1. The largest absolute Gasteiger partial charge is 0.462 e. The molecule has 0 unspecified atom stereocenters. The molecule has 1 amide bonds. The van der Waals surface area contributed by atoms with Crippen molar-refractivity contribution in [2.45, 2.75) is 47.1 Å². The molecule has 148 valence electrons. The molecular formula is C22H26N2O3S. The van der Waals surface area contributed by atoms with Gasteiger partial charge in [-0.3, -0.25) is 4.79 Å². The Hall–Kier alpha value is -2.60. The smallest absolute Gasteiger partial charge is 0.341 e. The van der Waals surface area contributed by atoms with E-state index in [2.05, 4.69) is 37.4 Å².